The number of carbonyl (C=O) groups excluding carboxylic acids is 3. The van der Waals surface area contributed by atoms with Gasteiger partial charge in [0.1, 0.15) is 29.8 Å². The van der Waals surface area contributed by atoms with E-state index < -0.39 is 11.9 Å². The first-order valence-electron chi connectivity index (χ1n) is 13.6. The molecule has 1 saturated carbocycles. The van der Waals surface area contributed by atoms with Gasteiger partial charge in [0.15, 0.2) is 6.54 Å². The van der Waals surface area contributed by atoms with Crippen molar-refractivity contribution in [1.82, 2.24) is 16.0 Å². The van der Waals surface area contributed by atoms with Crippen LogP contribution in [0.5, 0.6) is 5.75 Å². The second-order valence-corrected chi connectivity index (χ2v) is 11.0. The van der Waals surface area contributed by atoms with E-state index in [4.69, 9.17) is 16.3 Å². The third-order valence-electron chi connectivity index (χ3n) is 7.13. The van der Waals surface area contributed by atoms with Gasteiger partial charge < -0.3 is 15.4 Å². The van der Waals surface area contributed by atoms with Crippen LogP contribution in [0.1, 0.15) is 37.3 Å². The molecular weight excluding hydrogens is 523 g/mol. The van der Waals surface area contributed by atoms with Crippen LogP contribution in [-0.4, -0.2) is 62.6 Å². The topological polar surface area (TPSA) is 101 Å². The summed E-state index contributed by atoms with van der Waals surface area (Å²) in [5, 5.41) is 9.66. The molecule has 0 spiro atoms. The molecule has 10 heteroatoms. The molecule has 4 rings (SSSR count). The molecular formula is C29H37ClFN4O4+. The lowest BCUT2D eigenvalue weighted by molar-refractivity contribution is -0.790. The molecule has 3 amide bonds. The smallest absolute Gasteiger partial charge is 0.329 e. The first-order chi connectivity index (χ1) is 18.7. The highest BCUT2D eigenvalue weighted by atomic mass is 35.5. The van der Waals surface area contributed by atoms with Crippen LogP contribution in [0.3, 0.4) is 0 Å². The van der Waals surface area contributed by atoms with Gasteiger partial charge in [0.2, 0.25) is 5.91 Å². The Morgan fingerprint density at radius 2 is 1.85 bits per heavy atom. The fraction of sp³-hybridized carbons (Fsp3) is 0.483. The first kappa shape index (κ1) is 29.0. The Morgan fingerprint density at radius 1 is 1.10 bits per heavy atom. The zero-order valence-electron chi connectivity index (χ0n) is 22.4. The number of rotatable bonds is 3. The molecule has 0 saturated heterocycles. The van der Waals surface area contributed by atoms with E-state index in [-0.39, 0.29) is 48.7 Å². The fourth-order valence-corrected chi connectivity index (χ4v) is 4.98. The van der Waals surface area contributed by atoms with Crippen molar-refractivity contribution >= 4 is 29.3 Å². The van der Waals surface area contributed by atoms with Crippen molar-refractivity contribution in [2.45, 2.75) is 57.2 Å². The SMILES string of the molecule is C[C@@H]1CN[C@@H](C2CC2)C(=O)[NH+](C)CC(=O)N[C@H](Cc2ccc(F)cc2)C(=O)NCCCc2ccc(Cl)cc2O1. The van der Waals surface area contributed by atoms with Gasteiger partial charge in [0, 0.05) is 24.5 Å². The zero-order valence-corrected chi connectivity index (χ0v) is 23.2. The molecule has 1 heterocycles. The summed E-state index contributed by atoms with van der Waals surface area (Å²) in [6, 6.07) is 10.1. The number of aryl methyl sites for hydroxylation is 1. The minimum Gasteiger partial charge on any atom is -0.489 e. The number of benzene rings is 2. The van der Waals surface area contributed by atoms with Crippen LogP contribution < -0.4 is 25.6 Å². The van der Waals surface area contributed by atoms with Crippen molar-refractivity contribution in [1.29, 1.82) is 0 Å². The summed E-state index contributed by atoms with van der Waals surface area (Å²) in [4.78, 5) is 39.9. The number of amides is 3. The second-order valence-electron chi connectivity index (χ2n) is 10.6. The minimum atomic E-state index is -0.864. The van der Waals surface area contributed by atoms with Crippen LogP contribution in [-0.2, 0) is 27.2 Å². The molecule has 2 aromatic carbocycles. The quantitative estimate of drug-likeness (QED) is 0.456. The number of quaternary nitrogens is 1. The van der Waals surface area contributed by atoms with Crippen LogP contribution in [0.25, 0.3) is 0 Å². The molecule has 1 unspecified atom stereocenters. The van der Waals surface area contributed by atoms with Crippen molar-refractivity contribution in [2.75, 3.05) is 26.7 Å². The van der Waals surface area contributed by atoms with E-state index in [0.29, 0.717) is 47.2 Å². The van der Waals surface area contributed by atoms with E-state index in [0.717, 1.165) is 18.4 Å². The van der Waals surface area contributed by atoms with Gasteiger partial charge in [0.05, 0.1) is 7.05 Å². The molecule has 8 nitrogen and oxygen atoms in total. The third kappa shape index (κ3) is 8.49. The molecule has 1 aliphatic carbocycles. The van der Waals surface area contributed by atoms with Crippen LogP contribution in [0, 0.1) is 11.7 Å². The van der Waals surface area contributed by atoms with Gasteiger partial charge in [0.25, 0.3) is 5.91 Å². The van der Waals surface area contributed by atoms with Crippen molar-refractivity contribution in [3.05, 3.63) is 64.4 Å². The van der Waals surface area contributed by atoms with Gasteiger partial charge in [-0.25, -0.2) is 9.18 Å². The number of nitrogens with one attached hydrogen (secondary N) is 4. The molecule has 1 fully saturated rings. The van der Waals surface area contributed by atoms with Crippen molar-refractivity contribution in [3.8, 4) is 5.75 Å². The predicted octanol–water partition coefficient (Wildman–Crippen LogP) is 1.45. The number of likely N-dealkylation sites (N-methyl/N-ethyl adjacent to an activating group) is 1. The number of halogens is 2. The number of fused-ring (bicyclic) bond motifs is 1. The van der Waals surface area contributed by atoms with E-state index in [1.807, 2.05) is 19.1 Å². The third-order valence-corrected chi connectivity index (χ3v) is 7.37. The van der Waals surface area contributed by atoms with Crippen LogP contribution >= 0.6 is 11.6 Å². The highest BCUT2D eigenvalue weighted by molar-refractivity contribution is 6.30. The standard InChI is InChI=1S/C29H36ClFN4O4/c1-18-16-33-27(21-7-8-21)29(38)35(2)17-26(36)34-24(14-19-5-11-23(31)12-6-19)28(37)32-13-3-4-20-9-10-22(30)15-25(20)39-18/h5-6,9-12,15,18,21,24,27,33H,3-4,7-8,13-14,16-17H2,1-2H3,(H,32,37)(H,34,36)/p+1/t18-,24-,27+/m1/s1. The van der Waals surface area contributed by atoms with Crippen molar-refractivity contribution in [3.63, 3.8) is 0 Å². The lowest BCUT2D eigenvalue weighted by atomic mass is 10.0. The summed E-state index contributed by atoms with van der Waals surface area (Å²) in [6.07, 6.45) is 3.19. The van der Waals surface area contributed by atoms with Crippen LogP contribution in [0.15, 0.2) is 42.5 Å². The first-order valence-corrected chi connectivity index (χ1v) is 13.9. The minimum absolute atomic E-state index is 0.0936. The highest BCUT2D eigenvalue weighted by Crippen LogP contribution is 2.32. The molecule has 39 heavy (non-hydrogen) atoms. The summed E-state index contributed by atoms with van der Waals surface area (Å²) < 4.78 is 19.6. The highest BCUT2D eigenvalue weighted by Gasteiger charge is 2.41. The summed E-state index contributed by atoms with van der Waals surface area (Å²) in [5.74, 6) is -0.295. The molecule has 1 aliphatic heterocycles. The Balaban J connectivity index is 1.54. The largest absolute Gasteiger partial charge is 0.489 e. The average Bonchev–Trinajstić information content (AvgIpc) is 3.73. The average molecular weight is 560 g/mol. The van der Waals surface area contributed by atoms with Gasteiger partial charge >= 0.3 is 5.91 Å². The van der Waals surface area contributed by atoms with Gasteiger partial charge in [-0.15, -0.1) is 0 Å². The van der Waals surface area contributed by atoms with Crippen LogP contribution in [0.4, 0.5) is 4.39 Å². The van der Waals surface area contributed by atoms with Gasteiger partial charge in [-0.3, -0.25) is 19.8 Å². The van der Waals surface area contributed by atoms with Crippen molar-refractivity contribution in [2.24, 2.45) is 5.92 Å². The maximum atomic E-state index is 13.4. The van der Waals surface area contributed by atoms with E-state index in [1.165, 1.54) is 12.1 Å². The van der Waals surface area contributed by atoms with E-state index in [1.54, 1.807) is 25.2 Å². The van der Waals surface area contributed by atoms with E-state index in [2.05, 4.69) is 16.0 Å². The molecule has 0 radical (unpaired) electrons. The Labute approximate surface area is 233 Å². The number of ether oxygens (including phenoxy) is 1. The molecule has 4 N–H and O–H groups in total. The number of hydrogen-bond acceptors (Lipinski definition) is 5. The maximum absolute atomic E-state index is 13.4. The molecule has 210 valence electrons. The zero-order chi connectivity index (χ0) is 27.9. The Hall–Kier alpha value is -3.01. The van der Waals surface area contributed by atoms with Crippen molar-refractivity contribution < 1.29 is 28.4 Å². The summed E-state index contributed by atoms with van der Waals surface area (Å²) in [7, 11) is 1.67. The number of hydrogen-bond donors (Lipinski definition) is 4. The van der Waals surface area contributed by atoms with Gasteiger partial charge in [-0.05, 0) is 73.9 Å². The fourth-order valence-electron chi connectivity index (χ4n) is 4.82. The Bertz CT molecular complexity index is 1170. The summed E-state index contributed by atoms with van der Waals surface area (Å²) in [6.45, 7) is 2.69. The summed E-state index contributed by atoms with van der Waals surface area (Å²) >= 11 is 6.25. The molecule has 2 aliphatic rings. The molecule has 2 aromatic rings. The van der Waals surface area contributed by atoms with Crippen LogP contribution in [0.2, 0.25) is 5.02 Å². The normalized spacial score (nSPS) is 25.9. The molecule has 0 bridgehead atoms. The summed E-state index contributed by atoms with van der Waals surface area (Å²) in [5.41, 5.74) is 1.68. The lowest BCUT2D eigenvalue weighted by Gasteiger charge is -2.24. The lowest BCUT2D eigenvalue weighted by Crippen LogP contribution is -3.14. The molecule has 4 atom stereocenters. The predicted molar refractivity (Wildman–Crippen MR) is 146 cm³/mol. The van der Waals surface area contributed by atoms with Gasteiger partial charge in [-0.2, -0.15) is 0 Å². The van der Waals surface area contributed by atoms with Gasteiger partial charge in [-0.1, -0.05) is 29.8 Å². The Morgan fingerprint density at radius 3 is 2.56 bits per heavy atom. The monoisotopic (exact) mass is 559 g/mol. The molecule has 0 aromatic heterocycles. The Kier molecular flexibility index (Phi) is 9.94. The maximum Gasteiger partial charge on any atom is 0.329 e. The second kappa shape index (κ2) is 13.4. The number of carbonyl (C=O) groups is 3. The van der Waals surface area contributed by atoms with E-state index >= 15 is 0 Å². The van der Waals surface area contributed by atoms with E-state index in [9.17, 15) is 18.8 Å².